The Morgan fingerprint density at radius 1 is 1.09 bits per heavy atom. The fraction of sp³-hybridized carbons (Fsp3) is 0.375. The summed E-state index contributed by atoms with van der Waals surface area (Å²) in [5.41, 5.74) is 1.80. The molecule has 1 fully saturated rings. The van der Waals surface area contributed by atoms with Crippen LogP contribution in [-0.2, 0) is 14.8 Å². The van der Waals surface area contributed by atoms with Crippen molar-refractivity contribution < 1.29 is 18.0 Å². The molecule has 1 unspecified atom stereocenters. The van der Waals surface area contributed by atoms with Gasteiger partial charge in [0.1, 0.15) is 4.90 Å². The molecule has 0 bridgehead atoms. The normalized spacial score (nSPS) is 18.9. The first-order chi connectivity index (χ1) is 15.8. The Kier molecular flexibility index (Phi) is 6.51. The molecule has 2 heterocycles. The van der Waals surface area contributed by atoms with Gasteiger partial charge in [0.25, 0.3) is 15.9 Å². The van der Waals surface area contributed by atoms with E-state index in [-0.39, 0.29) is 22.6 Å². The van der Waals surface area contributed by atoms with Gasteiger partial charge in [0.05, 0.1) is 5.92 Å². The molecular formula is C24H28N4O4S. The maximum Gasteiger partial charge on any atom is 0.285 e. The van der Waals surface area contributed by atoms with Crippen LogP contribution in [0.15, 0.2) is 57.8 Å². The minimum atomic E-state index is -3.70. The molecule has 4 rings (SSSR count). The number of likely N-dealkylation sites (tertiary alicyclic amines) is 1. The molecule has 0 aliphatic carbocycles. The summed E-state index contributed by atoms with van der Waals surface area (Å²) in [6.07, 6.45) is 1.47. The number of rotatable bonds is 5. The van der Waals surface area contributed by atoms with E-state index in [0.29, 0.717) is 55.2 Å². The molecule has 1 N–H and O–H groups in total. The predicted molar refractivity (Wildman–Crippen MR) is 127 cm³/mol. The van der Waals surface area contributed by atoms with Gasteiger partial charge in [-0.2, -0.15) is 8.42 Å². The molecule has 2 aromatic rings. The number of anilines is 1. The SMILES string of the molecule is CCN(CC)C(=O)c1ccc(NC(=O)C2CCCN(C3=NS(=O)(=O)c4ccccc43)C2)cc1. The number of nitrogens with zero attached hydrogens (tertiary/aromatic N) is 3. The molecule has 1 saturated heterocycles. The van der Waals surface area contributed by atoms with Gasteiger partial charge in [-0.15, -0.1) is 4.40 Å². The molecule has 2 aromatic carbocycles. The van der Waals surface area contributed by atoms with E-state index in [0.717, 1.165) is 6.42 Å². The summed E-state index contributed by atoms with van der Waals surface area (Å²) in [7, 11) is -3.70. The van der Waals surface area contributed by atoms with E-state index in [1.165, 1.54) is 0 Å². The maximum absolute atomic E-state index is 12.9. The number of amides is 2. The molecule has 2 aliphatic rings. The highest BCUT2D eigenvalue weighted by atomic mass is 32.2. The van der Waals surface area contributed by atoms with Gasteiger partial charge >= 0.3 is 0 Å². The lowest BCUT2D eigenvalue weighted by molar-refractivity contribution is -0.121. The van der Waals surface area contributed by atoms with Crippen LogP contribution in [-0.4, -0.2) is 62.0 Å². The van der Waals surface area contributed by atoms with Crippen molar-refractivity contribution in [3.63, 3.8) is 0 Å². The minimum absolute atomic E-state index is 0.0339. The summed E-state index contributed by atoms with van der Waals surface area (Å²) in [5, 5.41) is 2.93. The topological polar surface area (TPSA) is 99.2 Å². The summed E-state index contributed by atoms with van der Waals surface area (Å²) in [5.74, 6) is -0.0399. The second kappa shape index (κ2) is 9.35. The molecule has 8 nitrogen and oxygen atoms in total. The van der Waals surface area contributed by atoms with Crippen molar-refractivity contribution in [2.45, 2.75) is 31.6 Å². The zero-order chi connectivity index (χ0) is 23.6. The Labute approximate surface area is 194 Å². The van der Waals surface area contributed by atoms with E-state index < -0.39 is 10.0 Å². The standard InChI is InChI=1S/C24H28N4O4S/c1-3-27(4-2)24(30)17-11-13-19(14-12-17)25-23(29)18-8-7-15-28(16-18)22-20-9-5-6-10-21(20)33(31,32)26-22/h5-6,9-14,18H,3-4,7-8,15-16H2,1-2H3,(H,25,29). The summed E-state index contributed by atoms with van der Waals surface area (Å²) in [4.78, 5) is 29.3. The monoisotopic (exact) mass is 468 g/mol. The quantitative estimate of drug-likeness (QED) is 0.727. The number of carbonyl (C=O) groups excluding carboxylic acids is 2. The van der Waals surface area contributed by atoms with Crippen molar-refractivity contribution in [1.82, 2.24) is 9.80 Å². The van der Waals surface area contributed by atoms with Crippen LogP contribution in [0.2, 0.25) is 0 Å². The van der Waals surface area contributed by atoms with E-state index in [2.05, 4.69) is 9.71 Å². The third kappa shape index (κ3) is 4.64. The Balaban J connectivity index is 1.43. The largest absolute Gasteiger partial charge is 0.355 e. The summed E-state index contributed by atoms with van der Waals surface area (Å²) >= 11 is 0. The van der Waals surface area contributed by atoms with Crippen molar-refractivity contribution in [2.75, 3.05) is 31.5 Å². The number of sulfonamides is 1. The third-order valence-corrected chi connectivity index (χ3v) is 7.48. The number of carbonyl (C=O) groups is 2. The molecule has 0 radical (unpaired) electrons. The Morgan fingerprint density at radius 3 is 2.48 bits per heavy atom. The average molecular weight is 469 g/mol. The summed E-state index contributed by atoms with van der Waals surface area (Å²) in [6.45, 7) is 6.21. The van der Waals surface area contributed by atoms with Gasteiger partial charge in [0.15, 0.2) is 5.84 Å². The van der Waals surface area contributed by atoms with Crippen LogP contribution < -0.4 is 5.32 Å². The molecular weight excluding hydrogens is 440 g/mol. The van der Waals surface area contributed by atoms with Gasteiger partial charge in [-0.1, -0.05) is 12.1 Å². The smallest absolute Gasteiger partial charge is 0.285 e. The van der Waals surface area contributed by atoms with Gasteiger partial charge < -0.3 is 15.1 Å². The zero-order valence-electron chi connectivity index (χ0n) is 18.8. The Bertz CT molecular complexity index is 1190. The molecule has 0 spiro atoms. The average Bonchev–Trinajstić information content (AvgIpc) is 3.11. The van der Waals surface area contributed by atoms with Gasteiger partial charge in [0.2, 0.25) is 5.91 Å². The number of amidine groups is 1. The third-order valence-electron chi connectivity index (χ3n) is 6.15. The second-order valence-corrected chi connectivity index (χ2v) is 9.79. The molecule has 2 aliphatic heterocycles. The van der Waals surface area contributed by atoms with E-state index in [4.69, 9.17) is 0 Å². The minimum Gasteiger partial charge on any atom is -0.355 e. The van der Waals surface area contributed by atoms with Crippen LogP contribution in [0.1, 0.15) is 42.6 Å². The van der Waals surface area contributed by atoms with E-state index >= 15 is 0 Å². The number of hydrogen-bond donors (Lipinski definition) is 1. The molecule has 0 aromatic heterocycles. The summed E-state index contributed by atoms with van der Waals surface area (Å²) < 4.78 is 28.8. The number of nitrogens with one attached hydrogen (secondary N) is 1. The van der Waals surface area contributed by atoms with Crippen LogP contribution in [0, 0.1) is 5.92 Å². The Morgan fingerprint density at radius 2 is 1.79 bits per heavy atom. The number of benzene rings is 2. The number of piperidine rings is 1. The first-order valence-corrected chi connectivity index (χ1v) is 12.7. The first kappa shape index (κ1) is 23.0. The highest BCUT2D eigenvalue weighted by Crippen LogP contribution is 2.30. The van der Waals surface area contributed by atoms with Crippen molar-refractivity contribution >= 4 is 33.4 Å². The van der Waals surface area contributed by atoms with Crippen molar-refractivity contribution in [2.24, 2.45) is 10.3 Å². The van der Waals surface area contributed by atoms with E-state index in [1.807, 2.05) is 18.7 Å². The predicted octanol–water partition coefficient (Wildman–Crippen LogP) is 2.97. The molecule has 2 amide bonds. The van der Waals surface area contributed by atoms with Crippen LogP contribution in [0.3, 0.4) is 0 Å². The zero-order valence-corrected chi connectivity index (χ0v) is 19.6. The fourth-order valence-electron chi connectivity index (χ4n) is 4.33. The molecule has 0 saturated carbocycles. The lowest BCUT2D eigenvalue weighted by Crippen LogP contribution is -2.43. The van der Waals surface area contributed by atoms with Gasteiger partial charge in [-0.3, -0.25) is 9.59 Å². The van der Waals surface area contributed by atoms with Gasteiger partial charge in [-0.25, -0.2) is 0 Å². The first-order valence-electron chi connectivity index (χ1n) is 11.2. The van der Waals surface area contributed by atoms with Crippen LogP contribution in [0.25, 0.3) is 0 Å². The van der Waals surface area contributed by atoms with Crippen LogP contribution in [0.4, 0.5) is 5.69 Å². The number of fused-ring (bicyclic) bond motifs is 1. The van der Waals surface area contributed by atoms with Crippen molar-refractivity contribution in [3.05, 3.63) is 59.7 Å². The molecule has 9 heteroatoms. The van der Waals surface area contributed by atoms with Gasteiger partial charge in [0, 0.05) is 43.0 Å². The highest BCUT2D eigenvalue weighted by molar-refractivity contribution is 7.90. The second-order valence-electron chi connectivity index (χ2n) is 8.22. The molecule has 174 valence electrons. The lowest BCUT2D eigenvalue weighted by atomic mass is 9.96. The molecule has 1 atom stereocenters. The number of hydrogen-bond acceptors (Lipinski definition) is 5. The summed E-state index contributed by atoms with van der Waals surface area (Å²) in [6, 6.07) is 13.7. The Hall–Kier alpha value is -3.20. The van der Waals surface area contributed by atoms with Crippen molar-refractivity contribution in [1.29, 1.82) is 0 Å². The lowest BCUT2D eigenvalue weighted by Gasteiger charge is -2.33. The van der Waals surface area contributed by atoms with E-state index in [9.17, 15) is 18.0 Å². The van der Waals surface area contributed by atoms with Crippen molar-refractivity contribution in [3.8, 4) is 0 Å². The van der Waals surface area contributed by atoms with Crippen LogP contribution >= 0.6 is 0 Å². The maximum atomic E-state index is 12.9. The fourth-order valence-corrected chi connectivity index (χ4v) is 5.56. The van der Waals surface area contributed by atoms with Crippen LogP contribution in [0.5, 0.6) is 0 Å². The van der Waals surface area contributed by atoms with E-state index in [1.54, 1.807) is 53.4 Å². The van der Waals surface area contributed by atoms with Gasteiger partial charge in [-0.05, 0) is 63.1 Å². The molecule has 33 heavy (non-hydrogen) atoms. The highest BCUT2D eigenvalue weighted by Gasteiger charge is 2.35.